The van der Waals surface area contributed by atoms with Gasteiger partial charge in [-0.15, -0.1) is 0 Å². The molecule has 13 rings (SSSR count). The van der Waals surface area contributed by atoms with Crippen molar-refractivity contribution in [3.63, 3.8) is 0 Å². The molecule has 4 aliphatic heterocycles. The van der Waals surface area contributed by atoms with E-state index in [1.54, 1.807) is 0 Å². The van der Waals surface area contributed by atoms with Crippen molar-refractivity contribution >= 4 is 90.4 Å². The maximum absolute atomic E-state index is 6.90. The number of hydrogen-bond acceptors (Lipinski definition) is 12. The van der Waals surface area contributed by atoms with Crippen LogP contribution in [0, 0.1) is 14.3 Å². The lowest BCUT2D eigenvalue weighted by molar-refractivity contribution is 0.0902. The maximum atomic E-state index is 6.90. The Morgan fingerprint density at radius 2 is 0.450 bits per heavy atom. The molecule has 0 spiro atoms. The molecule has 0 radical (unpaired) electrons. The molecule has 0 N–H and O–H groups in total. The molecule has 0 aromatic heterocycles. The van der Waals surface area contributed by atoms with Crippen LogP contribution in [0.4, 0.5) is 0 Å². The van der Waals surface area contributed by atoms with Gasteiger partial charge < -0.3 is 56.8 Å². The molecule has 0 saturated heterocycles. The minimum atomic E-state index is -0.321. The van der Waals surface area contributed by atoms with Gasteiger partial charge in [-0.3, -0.25) is 0 Å². The minimum Gasteiger partial charge on any atom is -0.489 e. The average Bonchev–Trinajstić information content (AvgIpc) is 3.47. The Labute approximate surface area is 518 Å². The highest BCUT2D eigenvalue weighted by Gasteiger charge is 2.40. The van der Waals surface area contributed by atoms with Crippen molar-refractivity contribution in [2.24, 2.45) is 0 Å². The number of benzene rings is 8. The summed E-state index contributed by atoms with van der Waals surface area (Å²) in [7, 11) is 0. The van der Waals surface area contributed by atoms with Crippen LogP contribution in [0.5, 0.6) is 69.0 Å². The first-order valence-corrected chi connectivity index (χ1v) is 30.6. The van der Waals surface area contributed by atoms with Gasteiger partial charge in [0.05, 0.1) is 22.3 Å². The third-order valence-corrected chi connectivity index (χ3v) is 18.6. The molecule has 12 nitrogen and oxygen atoms in total. The van der Waals surface area contributed by atoms with E-state index in [2.05, 4.69) is 142 Å². The second-order valence-electron chi connectivity index (χ2n) is 20.3. The predicted molar refractivity (Wildman–Crippen MR) is 334 cm³/mol. The molecule has 0 saturated carbocycles. The Balaban J connectivity index is 1.08. The van der Waals surface area contributed by atoms with Crippen LogP contribution in [-0.4, -0.2) is 27.2 Å². The third-order valence-electron chi connectivity index (χ3n) is 15.7. The summed E-state index contributed by atoms with van der Waals surface area (Å²) in [5.74, 6) is 6.52. The van der Waals surface area contributed by atoms with Crippen molar-refractivity contribution in [2.45, 2.75) is 77.8 Å². The van der Waals surface area contributed by atoms with Crippen LogP contribution in [-0.2, 0) is 26.4 Å². The highest BCUT2D eigenvalue weighted by molar-refractivity contribution is 14.1. The Morgan fingerprint density at radius 3 is 0.613 bits per heavy atom. The molecule has 0 fully saturated rings. The van der Waals surface area contributed by atoms with Crippen LogP contribution in [0.3, 0.4) is 0 Å². The van der Waals surface area contributed by atoms with Gasteiger partial charge in [-0.05, 0) is 212 Å². The topological polar surface area (TPSA) is 111 Å². The SMILES string of the molecule is CC1c2cc3c4c(COc5ccc(I)cc5)c2OCOc2c1cc1c(c2COc2ccc(I)cc2)OCOc2c(cc5c(c2COc2ccc(I)cc2)OCOc2c(cc(c(c2COc2ccc(I)cc2)OCO4)C3C)C5C)C1C. The molecule has 8 aromatic rings. The highest BCUT2D eigenvalue weighted by Crippen LogP contribution is 2.57. The van der Waals surface area contributed by atoms with Crippen LogP contribution in [0.15, 0.2) is 121 Å². The van der Waals surface area contributed by atoms with Gasteiger partial charge in [-0.2, -0.15) is 0 Å². The van der Waals surface area contributed by atoms with Gasteiger partial charge in [0.25, 0.3) is 0 Å². The minimum absolute atomic E-state index is 0.134. The fraction of sp³-hybridized carbons (Fsp3) is 0.250. The van der Waals surface area contributed by atoms with E-state index in [1.807, 2.05) is 97.1 Å². The van der Waals surface area contributed by atoms with E-state index in [1.165, 1.54) is 0 Å². The Hall–Kier alpha value is -5.72. The largest absolute Gasteiger partial charge is 0.489 e. The predicted octanol–water partition coefficient (Wildman–Crippen LogP) is 16.3. The molecule has 0 unspecified atom stereocenters. The summed E-state index contributed by atoms with van der Waals surface area (Å²) in [4.78, 5) is 0. The van der Waals surface area contributed by atoms with Gasteiger partial charge in [-0.25, -0.2) is 0 Å². The van der Waals surface area contributed by atoms with Crippen LogP contribution >= 0.6 is 90.4 Å². The highest BCUT2D eigenvalue weighted by atomic mass is 127. The van der Waals surface area contributed by atoms with Crippen molar-refractivity contribution < 1.29 is 56.8 Å². The summed E-state index contributed by atoms with van der Waals surface area (Å²) < 4.78 is 86.4. The van der Waals surface area contributed by atoms with Crippen LogP contribution in [0.25, 0.3) is 0 Å². The normalized spacial score (nSPS) is 17.8. The lowest BCUT2D eigenvalue weighted by atomic mass is 9.78. The first-order valence-electron chi connectivity index (χ1n) is 26.3. The molecule has 8 aromatic carbocycles. The van der Waals surface area contributed by atoms with E-state index in [0.717, 1.165) is 81.0 Å². The monoisotopic (exact) mass is 1520 g/mol. The first kappa shape index (κ1) is 53.6. The van der Waals surface area contributed by atoms with E-state index >= 15 is 0 Å². The lowest BCUT2D eigenvalue weighted by Gasteiger charge is -2.36. The summed E-state index contributed by atoms with van der Waals surface area (Å²) in [6.45, 7) is 8.83. The van der Waals surface area contributed by atoms with Crippen LogP contribution in [0.1, 0.15) is 118 Å². The van der Waals surface area contributed by atoms with Gasteiger partial charge in [0.15, 0.2) is 0 Å². The standard InChI is InChI=1S/C64H52I4O12/c1-33-45-21-47-34(2)49-23-51-36(4)52-24-50-35(3)48-22-46(33)58-54(26-70-42-15-7-38(66)8-16-42)60(48)76-31-78-62(50)56(28-72-44-19-11-40(68)12-20-44)64(52)80-32-79-63(51)55(27-71-43-17-9-39(67)10-18-43)61(49)77-30-75-59(47)53(57(45)73-29-74-58)25-69-41-13-5-37(65)6-14-41/h5-24,33-36H,25-32H2,1-4H3. The first-order chi connectivity index (χ1) is 38.9. The second kappa shape index (κ2) is 22.6. The van der Waals surface area contributed by atoms with Gasteiger partial charge in [0.2, 0.25) is 27.2 Å². The number of hydrogen-bond donors (Lipinski definition) is 0. The average molecular weight is 1520 g/mol. The molecular weight excluding hydrogens is 1470 g/mol. The van der Waals surface area contributed by atoms with E-state index < -0.39 is 0 Å². The quantitative estimate of drug-likeness (QED) is 0.109. The van der Waals surface area contributed by atoms with E-state index in [4.69, 9.17) is 56.8 Å². The molecule has 0 atom stereocenters. The van der Waals surface area contributed by atoms with Crippen molar-refractivity contribution in [3.8, 4) is 69.0 Å². The Kier molecular flexibility index (Phi) is 15.1. The zero-order valence-corrected chi connectivity index (χ0v) is 52.6. The van der Waals surface area contributed by atoms with Crippen LogP contribution < -0.4 is 56.8 Å². The Morgan fingerprint density at radius 1 is 0.287 bits per heavy atom. The fourth-order valence-electron chi connectivity index (χ4n) is 11.5. The zero-order chi connectivity index (χ0) is 54.8. The Bertz CT molecular complexity index is 3080. The molecule has 1 aliphatic carbocycles. The zero-order valence-electron chi connectivity index (χ0n) is 43.9. The van der Waals surface area contributed by atoms with Gasteiger partial charge in [0.1, 0.15) is 95.4 Å². The van der Waals surface area contributed by atoms with E-state index in [-0.39, 0.29) is 77.3 Å². The molecule has 4 heterocycles. The fourth-order valence-corrected chi connectivity index (χ4v) is 12.9. The molecular formula is C64H52I4O12. The van der Waals surface area contributed by atoms with Gasteiger partial charge in [-0.1, -0.05) is 27.7 Å². The second-order valence-corrected chi connectivity index (χ2v) is 25.2. The number of ether oxygens (including phenoxy) is 12. The third kappa shape index (κ3) is 10.1. The van der Waals surface area contributed by atoms with Crippen molar-refractivity contribution in [2.75, 3.05) is 27.2 Å². The van der Waals surface area contributed by atoms with Crippen LogP contribution in [0.2, 0.25) is 0 Å². The summed E-state index contributed by atoms with van der Waals surface area (Å²) >= 11 is 9.22. The summed E-state index contributed by atoms with van der Waals surface area (Å²) in [6, 6.07) is 41.1. The molecule has 16 heteroatoms. The summed E-state index contributed by atoms with van der Waals surface area (Å²) in [5, 5.41) is 0. The lowest BCUT2D eigenvalue weighted by Crippen LogP contribution is -2.25. The number of rotatable bonds is 12. The molecule has 5 aliphatic rings. The molecule has 408 valence electrons. The van der Waals surface area contributed by atoms with Crippen molar-refractivity contribution in [1.82, 2.24) is 0 Å². The maximum Gasteiger partial charge on any atom is 0.230 e. The summed E-state index contributed by atoms with van der Waals surface area (Å²) in [6.07, 6.45) is 0. The summed E-state index contributed by atoms with van der Waals surface area (Å²) in [5.41, 5.74) is 10.5. The van der Waals surface area contributed by atoms with Gasteiger partial charge in [0, 0.05) is 82.5 Å². The number of halogens is 4. The van der Waals surface area contributed by atoms with Crippen molar-refractivity contribution in [3.05, 3.63) is 202 Å². The molecule has 0 amide bonds. The van der Waals surface area contributed by atoms with Crippen molar-refractivity contribution in [1.29, 1.82) is 0 Å². The molecule has 8 bridgehead atoms. The van der Waals surface area contributed by atoms with Gasteiger partial charge >= 0.3 is 0 Å². The smallest absolute Gasteiger partial charge is 0.230 e. The molecule has 80 heavy (non-hydrogen) atoms. The van der Waals surface area contributed by atoms with E-state index in [0.29, 0.717) is 69.0 Å². The van der Waals surface area contributed by atoms with E-state index in [9.17, 15) is 0 Å².